The van der Waals surface area contributed by atoms with Gasteiger partial charge in [0.2, 0.25) is 5.91 Å². The highest BCUT2D eigenvalue weighted by atomic mass is 16.5. The molecule has 0 radical (unpaired) electrons. The van der Waals surface area contributed by atoms with E-state index >= 15 is 0 Å². The fourth-order valence-electron chi connectivity index (χ4n) is 1.08. The molecule has 0 aromatic rings. The van der Waals surface area contributed by atoms with Gasteiger partial charge in [0, 0.05) is 6.61 Å². The molecule has 0 aliphatic heterocycles. The smallest absolute Gasteiger partial charge is 0.246 e. The average Bonchev–Trinajstić information content (AvgIpc) is 2.26. The lowest BCUT2D eigenvalue weighted by molar-refractivity contribution is -0.129. The lowest BCUT2D eigenvalue weighted by Crippen LogP contribution is -2.54. The Labute approximate surface area is 90.4 Å². The van der Waals surface area contributed by atoms with E-state index in [1.165, 1.54) is 0 Å². The van der Waals surface area contributed by atoms with Gasteiger partial charge >= 0.3 is 0 Å². The van der Waals surface area contributed by atoms with Crippen molar-refractivity contribution in [2.24, 2.45) is 0 Å². The van der Waals surface area contributed by atoms with E-state index in [-0.39, 0.29) is 25.7 Å². The maximum atomic E-state index is 11.4. The first-order chi connectivity index (χ1) is 7.14. The zero-order chi connectivity index (χ0) is 11.7. The number of aliphatic hydroxyl groups excluding tert-OH is 2. The lowest BCUT2D eigenvalue weighted by Gasteiger charge is -2.29. The van der Waals surface area contributed by atoms with Crippen LogP contribution in [0.5, 0.6) is 0 Å². The van der Waals surface area contributed by atoms with Crippen LogP contribution in [0, 0.1) is 0 Å². The number of amides is 1. The van der Waals surface area contributed by atoms with E-state index in [0.29, 0.717) is 13.0 Å². The van der Waals surface area contributed by atoms with Crippen LogP contribution < -0.4 is 5.32 Å². The van der Waals surface area contributed by atoms with Gasteiger partial charge < -0.3 is 20.3 Å². The van der Waals surface area contributed by atoms with Crippen molar-refractivity contribution >= 4 is 5.91 Å². The zero-order valence-electron chi connectivity index (χ0n) is 9.45. The summed E-state index contributed by atoms with van der Waals surface area (Å²) in [4.78, 5) is 11.4. The van der Waals surface area contributed by atoms with E-state index in [1.54, 1.807) is 6.92 Å². The molecule has 0 rings (SSSR count). The van der Waals surface area contributed by atoms with Crippen molar-refractivity contribution in [3.05, 3.63) is 0 Å². The highest BCUT2D eigenvalue weighted by molar-refractivity contribution is 5.78. The van der Waals surface area contributed by atoms with Crippen LogP contribution in [0.3, 0.4) is 0 Å². The summed E-state index contributed by atoms with van der Waals surface area (Å²) >= 11 is 0. The number of aliphatic hydroxyl groups is 2. The first-order valence-corrected chi connectivity index (χ1v) is 5.24. The predicted octanol–water partition coefficient (Wildman–Crippen LogP) is -0.337. The Hall–Kier alpha value is -0.650. The van der Waals surface area contributed by atoms with Crippen molar-refractivity contribution in [3.8, 4) is 0 Å². The van der Waals surface area contributed by atoms with Crippen LogP contribution >= 0.6 is 0 Å². The Balaban J connectivity index is 4.00. The van der Waals surface area contributed by atoms with Gasteiger partial charge in [-0.2, -0.15) is 0 Å². The molecule has 0 aliphatic rings. The van der Waals surface area contributed by atoms with Crippen LogP contribution in [0.4, 0.5) is 0 Å². The normalized spacial score (nSPS) is 11.5. The molecular formula is C10H21NO4. The van der Waals surface area contributed by atoms with Crippen molar-refractivity contribution in [1.29, 1.82) is 0 Å². The number of rotatable bonds is 8. The second kappa shape index (κ2) is 7.62. The largest absolute Gasteiger partial charge is 0.394 e. The number of ether oxygens (including phenoxy) is 1. The molecule has 0 heterocycles. The molecule has 0 fully saturated rings. The molecule has 0 aliphatic carbocycles. The quantitative estimate of drug-likeness (QED) is 0.488. The van der Waals surface area contributed by atoms with E-state index in [2.05, 4.69) is 5.32 Å². The molecule has 0 aromatic carbocycles. The second-order valence-electron chi connectivity index (χ2n) is 3.55. The van der Waals surface area contributed by atoms with Gasteiger partial charge in [0.1, 0.15) is 6.61 Å². The molecule has 0 atom stereocenters. The Morgan fingerprint density at radius 2 is 1.93 bits per heavy atom. The molecule has 90 valence electrons. The van der Waals surface area contributed by atoms with Gasteiger partial charge in [-0.1, -0.05) is 13.8 Å². The third-order valence-electron chi connectivity index (χ3n) is 2.27. The number of nitrogens with one attached hydrogen (secondary N) is 1. The lowest BCUT2D eigenvalue weighted by atomic mass is 9.98. The third-order valence-corrected chi connectivity index (χ3v) is 2.27. The summed E-state index contributed by atoms with van der Waals surface area (Å²) in [6.07, 6.45) is 1.33. The molecule has 0 saturated heterocycles. The van der Waals surface area contributed by atoms with Gasteiger partial charge in [0.05, 0.1) is 18.8 Å². The molecule has 5 heteroatoms. The van der Waals surface area contributed by atoms with E-state index in [9.17, 15) is 4.79 Å². The molecule has 0 saturated carbocycles. The van der Waals surface area contributed by atoms with Gasteiger partial charge in [0.25, 0.3) is 0 Å². The summed E-state index contributed by atoms with van der Waals surface area (Å²) in [6, 6.07) is 0. The molecule has 0 aromatic heterocycles. The number of hydrogen-bond acceptors (Lipinski definition) is 4. The van der Waals surface area contributed by atoms with E-state index in [4.69, 9.17) is 14.9 Å². The number of carbonyl (C=O) groups excluding carboxylic acids is 1. The maximum absolute atomic E-state index is 11.4. The fourth-order valence-corrected chi connectivity index (χ4v) is 1.08. The molecule has 5 nitrogen and oxygen atoms in total. The molecular weight excluding hydrogens is 198 g/mol. The molecule has 1 amide bonds. The van der Waals surface area contributed by atoms with Crippen LogP contribution in [0.15, 0.2) is 0 Å². The summed E-state index contributed by atoms with van der Waals surface area (Å²) in [5.74, 6) is -0.312. The topological polar surface area (TPSA) is 78.8 Å². The molecule has 15 heavy (non-hydrogen) atoms. The first kappa shape index (κ1) is 14.3. The Kier molecular flexibility index (Phi) is 7.29. The fraction of sp³-hybridized carbons (Fsp3) is 0.900. The van der Waals surface area contributed by atoms with Crippen LogP contribution in [0.2, 0.25) is 0 Å². The Morgan fingerprint density at radius 3 is 2.33 bits per heavy atom. The number of carbonyl (C=O) groups is 1. The van der Waals surface area contributed by atoms with Gasteiger partial charge in [-0.25, -0.2) is 0 Å². The van der Waals surface area contributed by atoms with Crippen molar-refractivity contribution in [3.63, 3.8) is 0 Å². The van der Waals surface area contributed by atoms with Gasteiger partial charge in [-0.05, 0) is 12.8 Å². The maximum Gasteiger partial charge on any atom is 0.246 e. The monoisotopic (exact) mass is 219 g/mol. The van der Waals surface area contributed by atoms with Crippen molar-refractivity contribution in [2.45, 2.75) is 32.2 Å². The van der Waals surface area contributed by atoms with Gasteiger partial charge in [-0.3, -0.25) is 4.79 Å². The minimum absolute atomic E-state index is 0.0322. The van der Waals surface area contributed by atoms with Crippen LogP contribution in [0.25, 0.3) is 0 Å². The minimum atomic E-state index is -0.924. The molecule has 0 bridgehead atoms. The second-order valence-corrected chi connectivity index (χ2v) is 3.55. The van der Waals surface area contributed by atoms with Crippen LogP contribution in [-0.2, 0) is 9.53 Å². The third kappa shape index (κ3) is 5.11. The molecule has 3 N–H and O–H groups in total. The van der Waals surface area contributed by atoms with E-state index < -0.39 is 5.54 Å². The first-order valence-electron chi connectivity index (χ1n) is 5.24. The van der Waals surface area contributed by atoms with E-state index in [0.717, 1.165) is 6.42 Å². The predicted molar refractivity (Wildman–Crippen MR) is 56.4 cm³/mol. The van der Waals surface area contributed by atoms with Crippen molar-refractivity contribution in [2.75, 3.05) is 26.4 Å². The Morgan fingerprint density at radius 1 is 1.33 bits per heavy atom. The van der Waals surface area contributed by atoms with Gasteiger partial charge in [0.15, 0.2) is 0 Å². The summed E-state index contributed by atoms with van der Waals surface area (Å²) in [7, 11) is 0. The molecule has 0 unspecified atom stereocenters. The van der Waals surface area contributed by atoms with Crippen LogP contribution in [-0.4, -0.2) is 48.1 Å². The van der Waals surface area contributed by atoms with Crippen molar-refractivity contribution in [1.82, 2.24) is 5.32 Å². The zero-order valence-corrected chi connectivity index (χ0v) is 9.45. The van der Waals surface area contributed by atoms with Gasteiger partial charge in [-0.15, -0.1) is 0 Å². The Bertz CT molecular complexity index is 172. The highest BCUT2D eigenvalue weighted by Crippen LogP contribution is 2.07. The molecule has 0 spiro atoms. The average molecular weight is 219 g/mol. The summed E-state index contributed by atoms with van der Waals surface area (Å²) in [5.41, 5.74) is -0.924. The SMILES string of the molecule is CCCOCC(=O)NC(CC)(CO)CO. The van der Waals surface area contributed by atoms with E-state index in [1.807, 2.05) is 6.92 Å². The standard InChI is InChI=1S/C10H21NO4/c1-3-5-15-6-9(14)11-10(4-2,7-12)8-13/h12-13H,3-8H2,1-2H3,(H,11,14). The highest BCUT2D eigenvalue weighted by Gasteiger charge is 2.28. The summed E-state index contributed by atoms with van der Waals surface area (Å²) < 4.78 is 5.05. The summed E-state index contributed by atoms with van der Waals surface area (Å²) in [5, 5.41) is 20.7. The van der Waals surface area contributed by atoms with Crippen molar-refractivity contribution < 1.29 is 19.7 Å². The minimum Gasteiger partial charge on any atom is -0.394 e. The van der Waals surface area contributed by atoms with Crippen LogP contribution in [0.1, 0.15) is 26.7 Å². The summed E-state index contributed by atoms with van der Waals surface area (Å²) in [6.45, 7) is 3.69. The number of hydrogen-bond donors (Lipinski definition) is 3.